The molecule has 1 unspecified atom stereocenters. The third-order valence-electron chi connectivity index (χ3n) is 5.67. The predicted octanol–water partition coefficient (Wildman–Crippen LogP) is 5.08. The minimum Gasteiger partial charge on any atom is -0.508 e. The zero-order valence-electron chi connectivity index (χ0n) is 17.9. The Hall–Kier alpha value is -4.10. The normalized spacial score (nSPS) is 14.9. The number of phenols is 1. The maximum Gasteiger partial charge on any atom is 0.338 e. The summed E-state index contributed by atoms with van der Waals surface area (Å²) in [5.74, 6) is -1.08. The maximum absolute atomic E-state index is 13.6. The van der Waals surface area contributed by atoms with E-state index in [-0.39, 0.29) is 40.1 Å². The van der Waals surface area contributed by atoms with Gasteiger partial charge in [-0.1, -0.05) is 23.7 Å². The molecule has 1 aliphatic heterocycles. The Morgan fingerprint density at radius 3 is 2.56 bits per heavy atom. The molecular formula is C26H18ClNO6. The van der Waals surface area contributed by atoms with Crippen molar-refractivity contribution < 1.29 is 23.8 Å². The number of carbonyl (C=O) groups is 2. The molecule has 0 aliphatic carbocycles. The number of ether oxygens (including phenoxy) is 1. The number of carbonyl (C=O) groups excluding carboxylic acids is 2. The van der Waals surface area contributed by atoms with Crippen molar-refractivity contribution >= 4 is 40.1 Å². The zero-order chi connectivity index (χ0) is 24.0. The fourth-order valence-corrected chi connectivity index (χ4v) is 4.37. The van der Waals surface area contributed by atoms with Gasteiger partial charge in [0.15, 0.2) is 5.43 Å². The molecular weight excluding hydrogens is 458 g/mol. The molecule has 0 saturated heterocycles. The van der Waals surface area contributed by atoms with E-state index in [1.165, 1.54) is 23.1 Å². The summed E-state index contributed by atoms with van der Waals surface area (Å²) in [6, 6.07) is 16.4. The standard InChI is InChI=1S/C26H18ClNO6/c1-2-33-26(32)14-6-9-17(10-7-14)28-22(15-4-3-5-18(29)12-15)21-23(30)19-13-16(27)8-11-20(19)34-24(21)25(28)31/h3-13,22,29H,2H2,1H3. The van der Waals surface area contributed by atoms with Gasteiger partial charge in [0, 0.05) is 10.7 Å². The fraction of sp³-hybridized carbons (Fsp3) is 0.115. The van der Waals surface area contributed by atoms with E-state index >= 15 is 0 Å². The minimum absolute atomic E-state index is 0.00997. The summed E-state index contributed by atoms with van der Waals surface area (Å²) in [6.07, 6.45) is 0. The van der Waals surface area contributed by atoms with Crippen LogP contribution in [0.15, 0.2) is 75.9 Å². The van der Waals surface area contributed by atoms with Crippen LogP contribution in [0.3, 0.4) is 0 Å². The molecule has 170 valence electrons. The smallest absolute Gasteiger partial charge is 0.338 e. The van der Waals surface area contributed by atoms with Gasteiger partial charge < -0.3 is 14.3 Å². The lowest BCUT2D eigenvalue weighted by molar-refractivity contribution is 0.0526. The second-order valence-corrected chi connectivity index (χ2v) is 8.19. The Kier molecular flexibility index (Phi) is 5.34. The van der Waals surface area contributed by atoms with Crippen molar-refractivity contribution in [2.24, 2.45) is 0 Å². The molecule has 1 aliphatic rings. The van der Waals surface area contributed by atoms with Crippen LogP contribution >= 0.6 is 11.6 Å². The van der Waals surface area contributed by atoms with Crippen molar-refractivity contribution in [3.8, 4) is 5.75 Å². The van der Waals surface area contributed by atoms with Crippen LogP contribution in [0, 0.1) is 0 Å². The van der Waals surface area contributed by atoms with Gasteiger partial charge in [-0.05, 0) is 67.1 Å². The quantitative estimate of drug-likeness (QED) is 0.413. The van der Waals surface area contributed by atoms with Gasteiger partial charge in [0.2, 0.25) is 5.76 Å². The van der Waals surface area contributed by atoms with Crippen LogP contribution in [0.25, 0.3) is 11.0 Å². The summed E-state index contributed by atoms with van der Waals surface area (Å²) in [4.78, 5) is 40.6. The van der Waals surface area contributed by atoms with E-state index in [0.29, 0.717) is 21.8 Å². The van der Waals surface area contributed by atoms with Crippen molar-refractivity contribution in [3.05, 3.63) is 104 Å². The summed E-state index contributed by atoms with van der Waals surface area (Å²) >= 11 is 6.10. The number of phenolic OH excluding ortho intramolecular Hbond substituents is 1. The molecule has 2 heterocycles. The third kappa shape index (κ3) is 3.50. The first kappa shape index (κ1) is 21.7. The molecule has 5 rings (SSSR count). The third-order valence-corrected chi connectivity index (χ3v) is 5.91. The Bertz CT molecular complexity index is 1510. The van der Waals surface area contributed by atoms with Gasteiger partial charge in [-0.15, -0.1) is 0 Å². The van der Waals surface area contributed by atoms with Gasteiger partial charge >= 0.3 is 5.97 Å². The van der Waals surface area contributed by atoms with Crippen LogP contribution in [-0.4, -0.2) is 23.6 Å². The number of halogens is 1. The van der Waals surface area contributed by atoms with Crippen molar-refractivity contribution in [2.45, 2.75) is 13.0 Å². The van der Waals surface area contributed by atoms with Crippen molar-refractivity contribution in [2.75, 3.05) is 11.5 Å². The largest absolute Gasteiger partial charge is 0.508 e. The molecule has 0 spiro atoms. The second-order valence-electron chi connectivity index (χ2n) is 7.75. The van der Waals surface area contributed by atoms with E-state index in [9.17, 15) is 19.5 Å². The van der Waals surface area contributed by atoms with Crippen molar-refractivity contribution in [1.29, 1.82) is 0 Å². The van der Waals surface area contributed by atoms with Gasteiger partial charge in [0.05, 0.1) is 29.2 Å². The Morgan fingerprint density at radius 1 is 1.09 bits per heavy atom. The summed E-state index contributed by atoms with van der Waals surface area (Å²) in [5.41, 5.74) is 1.31. The average molecular weight is 476 g/mol. The number of anilines is 1. The summed E-state index contributed by atoms with van der Waals surface area (Å²) in [7, 11) is 0. The highest BCUT2D eigenvalue weighted by molar-refractivity contribution is 6.31. The molecule has 1 aromatic heterocycles. The van der Waals surface area contributed by atoms with Gasteiger partial charge in [-0.25, -0.2) is 4.79 Å². The second kappa shape index (κ2) is 8.35. The van der Waals surface area contributed by atoms with Crippen LogP contribution in [0.5, 0.6) is 5.75 Å². The first-order valence-electron chi connectivity index (χ1n) is 10.5. The lowest BCUT2D eigenvalue weighted by Crippen LogP contribution is -2.29. The van der Waals surface area contributed by atoms with Crippen LogP contribution in [0.1, 0.15) is 45.0 Å². The minimum atomic E-state index is -0.859. The van der Waals surface area contributed by atoms with Crippen molar-refractivity contribution in [3.63, 3.8) is 0 Å². The SMILES string of the molecule is CCOC(=O)c1ccc(N2C(=O)c3oc4ccc(Cl)cc4c(=O)c3C2c2cccc(O)c2)cc1. The number of hydrogen-bond acceptors (Lipinski definition) is 6. The molecule has 4 aromatic rings. The lowest BCUT2D eigenvalue weighted by Gasteiger charge is -2.25. The van der Waals surface area contributed by atoms with Crippen LogP contribution in [0.4, 0.5) is 5.69 Å². The van der Waals surface area contributed by atoms with Gasteiger partial charge in [0.1, 0.15) is 11.3 Å². The van der Waals surface area contributed by atoms with Crippen molar-refractivity contribution in [1.82, 2.24) is 0 Å². The Labute approximate surface area is 198 Å². The van der Waals surface area contributed by atoms with Gasteiger partial charge in [0.25, 0.3) is 5.91 Å². The van der Waals surface area contributed by atoms with Gasteiger partial charge in [-0.3, -0.25) is 14.5 Å². The summed E-state index contributed by atoms with van der Waals surface area (Å²) in [5, 5.41) is 10.7. The number of fused-ring (bicyclic) bond motifs is 2. The molecule has 1 atom stereocenters. The molecule has 7 nitrogen and oxygen atoms in total. The Morgan fingerprint density at radius 2 is 1.85 bits per heavy atom. The molecule has 34 heavy (non-hydrogen) atoms. The van der Waals surface area contributed by atoms with E-state index in [1.54, 1.807) is 55.5 Å². The number of hydrogen-bond donors (Lipinski definition) is 1. The molecule has 8 heteroatoms. The zero-order valence-corrected chi connectivity index (χ0v) is 18.7. The fourth-order valence-electron chi connectivity index (χ4n) is 4.19. The first-order valence-corrected chi connectivity index (χ1v) is 10.9. The van der Waals surface area contributed by atoms with Crippen LogP contribution in [0.2, 0.25) is 5.02 Å². The molecule has 0 radical (unpaired) electrons. The first-order chi connectivity index (χ1) is 16.4. The molecule has 0 saturated carbocycles. The molecule has 1 amide bonds. The number of amides is 1. The van der Waals surface area contributed by atoms with E-state index in [4.69, 9.17) is 20.8 Å². The average Bonchev–Trinajstić information content (AvgIpc) is 3.12. The molecule has 1 N–H and O–H groups in total. The number of aromatic hydroxyl groups is 1. The molecule has 3 aromatic carbocycles. The predicted molar refractivity (Wildman–Crippen MR) is 127 cm³/mol. The number of nitrogens with zero attached hydrogens (tertiary/aromatic N) is 1. The number of esters is 1. The Balaban J connectivity index is 1.71. The van der Waals surface area contributed by atoms with E-state index in [2.05, 4.69) is 0 Å². The number of benzene rings is 3. The van der Waals surface area contributed by atoms with Crippen LogP contribution < -0.4 is 10.3 Å². The highest BCUT2D eigenvalue weighted by atomic mass is 35.5. The molecule has 0 bridgehead atoms. The highest BCUT2D eigenvalue weighted by Gasteiger charge is 2.43. The highest BCUT2D eigenvalue weighted by Crippen LogP contribution is 2.42. The summed E-state index contributed by atoms with van der Waals surface area (Å²) < 4.78 is 10.9. The maximum atomic E-state index is 13.6. The number of rotatable bonds is 4. The monoisotopic (exact) mass is 475 g/mol. The molecule has 0 fully saturated rings. The van der Waals surface area contributed by atoms with E-state index in [1.807, 2.05) is 0 Å². The van der Waals surface area contributed by atoms with E-state index in [0.717, 1.165) is 0 Å². The van der Waals surface area contributed by atoms with Crippen LogP contribution in [-0.2, 0) is 4.74 Å². The topological polar surface area (TPSA) is 97.0 Å². The summed E-state index contributed by atoms with van der Waals surface area (Å²) in [6.45, 7) is 1.96. The van der Waals surface area contributed by atoms with Gasteiger partial charge in [-0.2, -0.15) is 0 Å². The lowest BCUT2D eigenvalue weighted by atomic mass is 9.98. The van der Waals surface area contributed by atoms with E-state index < -0.39 is 17.9 Å².